The first-order chi connectivity index (χ1) is 8.61. The number of nitrogens with one attached hydrogen (secondary N) is 1. The molecule has 0 heterocycles. The van der Waals surface area contributed by atoms with Crippen molar-refractivity contribution in [2.45, 2.75) is 6.04 Å². The Bertz CT molecular complexity index is 395. The molecule has 0 spiro atoms. The molecule has 0 bridgehead atoms. The summed E-state index contributed by atoms with van der Waals surface area (Å²) < 4.78 is 4.90. The van der Waals surface area contributed by atoms with Gasteiger partial charge in [-0.1, -0.05) is 30.3 Å². The van der Waals surface area contributed by atoms with Crippen molar-refractivity contribution in [1.29, 1.82) is 0 Å². The highest BCUT2D eigenvalue weighted by molar-refractivity contribution is 5.82. The van der Waals surface area contributed by atoms with E-state index in [4.69, 9.17) is 16.2 Å². The minimum atomic E-state index is -0.706. The quantitative estimate of drug-likeness (QED) is 0.557. The zero-order chi connectivity index (χ0) is 13.4. The summed E-state index contributed by atoms with van der Waals surface area (Å²) >= 11 is 0. The lowest BCUT2D eigenvalue weighted by atomic mass is 10.1. The van der Waals surface area contributed by atoms with E-state index >= 15 is 0 Å². The van der Waals surface area contributed by atoms with E-state index in [1.165, 1.54) is 0 Å². The van der Waals surface area contributed by atoms with Gasteiger partial charge in [0.2, 0.25) is 11.8 Å². The van der Waals surface area contributed by atoms with Crippen molar-refractivity contribution < 1.29 is 14.3 Å². The Hall–Kier alpha value is -1.92. The van der Waals surface area contributed by atoms with E-state index in [0.29, 0.717) is 0 Å². The first kappa shape index (κ1) is 14.1. The normalized spacial score (nSPS) is 11.8. The van der Waals surface area contributed by atoms with E-state index in [9.17, 15) is 9.59 Å². The molecule has 2 amide bonds. The number of carbonyl (C=O) groups excluding carboxylic acids is 2. The molecule has 6 heteroatoms. The van der Waals surface area contributed by atoms with Gasteiger partial charge in [-0.25, -0.2) is 0 Å². The van der Waals surface area contributed by atoms with Gasteiger partial charge in [-0.15, -0.1) is 0 Å². The van der Waals surface area contributed by atoms with Gasteiger partial charge < -0.3 is 21.5 Å². The lowest BCUT2D eigenvalue weighted by Crippen LogP contribution is -2.36. The van der Waals surface area contributed by atoms with Crippen molar-refractivity contribution in [1.82, 2.24) is 5.32 Å². The molecule has 6 nitrogen and oxygen atoms in total. The van der Waals surface area contributed by atoms with E-state index in [1.807, 2.05) is 18.2 Å². The molecular weight excluding hydrogens is 234 g/mol. The third-order valence-electron chi connectivity index (χ3n) is 2.23. The SMILES string of the molecule is NC(=O)COCCNC(=O)[C@@H](N)c1ccccc1. The Morgan fingerprint density at radius 1 is 1.28 bits per heavy atom. The minimum absolute atomic E-state index is 0.152. The zero-order valence-corrected chi connectivity index (χ0v) is 9.96. The molecule has 0 saturated carbocycles. The van der Waals surface area contributed by atoms with Crippen LogP contribution in [0, 0.1) is 0 Å². The van der Waals surface area contributed by atoms with Gasteiger partial charge in [-0.2, -0.15) is 0 Å². The Balaban J connectivity index is 2.26. The van der Waals surface area contributed by atoms with Crippen LogP contribution in [0.1, 0.15) is 11.6 Å². The molecule has 0 aromatic heterocycles. The maximum Gasteiger partial charge on any atom is 0.243 e. The average molecular weight is 251 g/mol. The third kappa shape index (κ3) is 4.94. The Kier molecular flexibility index (Phi) is 5.83. The van der Waals surface area contributed by atoms with E-state index in [1.54, 1.807) is 12.1 Å². The van der Waals surface area contributed by atoms with Crippen LogP contribution in [-0.4, -0.2) is 31.6 Å². The average Bonchev–Trinajstić information content (AvgIpc) is 2.38. The van der Waals surface area contributed by atoms with Gasteiger partial charge in [0.05, 0.1) is 6.61 Å². The maximum atomic E-state index is 11.7. The predicted molar refractivity (Wildman–Crippen MR) is 66.4 cm³/mol. The Morgan fingerprint density at radius 2 is 1.94 bits per heavy atom. The molecule has 5 N–H and O–H groups in total. The van der Waals surface area contributed by atoms with Gasteiger partial charge in [0.1, 0.15) is 12.6 Å². The molecule has 0 aliphatic carbocycles. The molecule has 0 saturated heterocycles. The molecule has 1 atom stereocenters. The highest BCUT2D eigenvalue weighted by atomic mass is 16.5. The molecule has 1 aromatic carbocycles. The van der Waals surface area contributed by atoms with Gasteiger partial charge in [0.15, 0.2) is 0 Å². The third-order valence-corrected chi connectivity index (χ3v) is 2.23. The minimum Gasteiger partial charge on any atom is -0.370 e. The van der Waals surface area contributed by atoms with Gasteiger partial charge in [-0.3, -0.25) is 9.59 Å². The fourth-order valence-electron chi connectivity index (χ4n) is 1.34. The van der Waals surface area contributed by atoms with Gasteiger partial charge >= 0.3 is 0 Å². The number of primary amides is 1. The number of benzene rings is 1. The van der Waals surface area contributed by atoms with Crippen molar-refractivity contribution in [3.05, 3.63) is 35.9 Å². The summed E-state index contributed by atoms with van der Waals surface area (Å²) in [5, 5.41) is 2.61. The highest BCUT2D eigenvalue weighted by Gasteiger charge is 2.14. The molecule has 0 radical (unpaired) electrons. The van der Waals surface area contributed by atoms with Gasteiger partial charge in [0, 0.05) is 6.54 Å². The van der Waals surface area contributed by atoms with Crippen LogP contribution >= 0.6 is 0 Å². The second-order valence-electron chi connectivity index (χ2n) is 3.70. The van der Waals surface area contributed by atoms with Crippen LogP contribution in [0.3, 0.4) is 0 Å². The molecule has 0 unspecified atom stereocenters. The topological polar surface area (TPSA) is 107 Å². The molecule has 1 aromatic rings. The predicted octanol–water partition coefficient (Wildman–Crippen LogP) is -0.695. The van der Waals surface area contributed by atoms with Crippen LogP contribution < -0.4 is 16.8 Å². The summed E-state index contributed by atoms with van der Waals surface area (Å²) in [5.41, 5.74) is 11.4. The van der Waals surface area contributed by atoms with Crippen LogP contribution in [0.15, 0.2) is 30.3 Å². The van der Waals surface area contributed by atoms with E-state index in [2.05, 4.69) is 5.32 Å². The van der Waals surface area contributed by atoms with E-state index < -0.39 is 11.9 Å². The molecular formula is C12H17N3O3. The lowest BCUT2D eigenvalue weighted by Gasteiger charge is -2.12. The lowest BCUT2D eigenvalue weighted by molar-refractivity contribution is -0.123. The summed E-state index contributed by atoms with van der Waals surface area (Å²) in [4.78, 5) is 22.0. The van der Waals surface area contributed by atoms with Gasteiger partial charge in [-0.05, 0) is 5.56 Å². The van der Waals surface area contributed by atoms with Crippen LogP contribution in [-0.2, 0) is 14.3 Å². The fraction of sp³-hybridized carbons (Fsp3) is 0.333. The van der Waals surface area contributed by atoms with Crippen molar-refractivity contribution in [2.75, 3.05) is 19.8 Å². The molecule has 0 aliphatic rings. The summed E-state index contributed by atoms with van der Waals surface area (Å²) in [5.74, 6) is -0.828. The maximum absolute atomic E-state index is 11.7. The molecule has 1 rings (SSSR count). The van der Waals surface area contributed by atoms with Crippen molar-refractivity contribution >= 4 is 11.8 Å². The molecule has 0 aliphatic heterocycles. The van der Waals surface area contributed by atoms with Crippen molar-refractivity contribution in [3.8, 4) is 0 Å². The van der Waals surface area contributed by atoms with E-state index in [0.717, 1.165) is 5.56 Å². The monoisotopic (exact) mass is 251 g/mol. The Morgan fingerprint density at radius 3 is 2.56 bits per heavy atom. The van der Waals surface area contributed by atoms with Gasteiger partial charge in [0.25, 0.3) is 0 Å². The Labute approximate surface area is 105 Å². The number of carbonyl (C=O) groups is 2. The number of ether oxygens (including phenoxy) is 1. The smallest absolute Gasteiger partial charge is 0.243 e. The number of nitrogens with two attached hydrogens (primary N) is 2. The highest BCUT2D eigenvalue weighted by Crippen LogP contribution is 2.08. The summed E-state index contributed by atoms with van der Waals surface area (Å²) in [7, 11) is 0. The summed E-state index contributed by atoms with van der Waals surface area (Å²) in [6, 6.07) is 8.35. The second-order valence-corrected chi connectivity index (χ2v) is 3.70. The second kappa shape index (κ2) is 7.41. The largest absolute Gasteiger partial charge is 0.370 e. The van der Waals surface area contributed by atoms with Crippen LogP contribution in [0.5, 0.6) is 0 Å². The summed E-state index contributed by atoms with van der Waals surface area (Å²) in [6.45, 7) is 0.351. The molecule has 0 fully saturated rings. The van der Waals surface area contributed by atoms with Crippen LogP contribution in [0.25, 0.3) is 0 Å². The molecule has 18 heavy (non-hydrogen) atoms. The number of rotatable bonds is 7. The summed E-state index contributed by atoms with van der Waals surface area (Å²) in [6.07, 6.45) is 0. The first-order valence-corrected chi connectivity index (χ1v) is 5.55. The first-order valence-electron chi connectivity index (χ1n) is 5.55. The van der Waals surface area contributed by atoms with Crippen molar-refractivity contribution in [2.24, 2.45) is 11.5 Å². The number of amides is 2. The fourth-order valence-corrected chi connectivity index (χ4v) is 1.34. The zero-order valence-electron chi connectivity index (χ0n) is 9.96. The van der Waals surface area contributed by atoms with Crippen LogP contribution in [0.4, 0.5) is 0 Å². The van der Waals surface area contributed by atoms with Crippen molar-refractivity contribution in [3.63, 3.8) is 0 Å². The van der Waals surface area contributed by atoms with E-state index in [-0.39, 0.29) is 25.7 Å². The van der Waals surface area contributed by atoms with Crippen LogP contribution in [0.2, 0.25) is 0 Å². The molecule has 98 valence electrons. The number of hydrogen-bond acceptors (Lipinski definition) is 4. The number of hydrogen-bond donors (Lipinski definition) is 3. The standard InChI is InChI=1S/C12H17N3O3/c13-10(16)8-18-7-6-15-12(17)11(14)9-4-2-1-3-5-9/h1-5,11H,6-8,14H2,(H2,13,16)(H,15,17)/t11-/m0/s1.